The van der Waals surface area contributed by atoms with Crippen molar-refractivity contribution in [2.75, 3.05) is 0 Å². The lowest BCUT2D eigenvalue weighted by molar-refractivity contribution is -0.158. The van der Waals surface area contributed by atoms with Crippen molar-refractivity contribution in [2.45, 2.75) is 77.4 Å². The monoisotopic (exact) mass is 445 g/mol. The first-order valence-electron chi connectivity index (χ1n) is 13.0. The standard InChI is InChI=1S/C28H35N3O2/c1-27(33)9-7-20-19(12-27)4-6-23-22(20)8-10-28(2)24(23)11-18-3-5-21(18)26(28)25(32)16-31-15-17(13-29)14-30-31/h14-15,18-24,26,33H,4,6-12,16H2,1-2H3/t18-,19-,20+,21-,22-,23-,24+,26-,27-,28+/m1/s1. The average Bonchev–Trinajstić information content (AvgIpc) is 3.21. The van der Waals surface area contributed by atoms with Crippen LogP contribution >= 0.6 is 0 Å². The third-order valence-electron chi connectivity index (χ3n) is 10.5. The molecule has 0 amide bonds. The zero-order valence-corrected chi connectivity index (χ0v) is 19.8. The second-order valence-electron chi connectivity index (χ2n) is 12.4. The van der Waals surface area contributed by atoms with Crippen LogP contribution in [0.5, 0.6) is 0 Å². The Kier molecular flexibility index (Phi) is 4.83. The minimum atomic E-state index is -0.480. The van der Waals surface area contributed by atoms with Crippen molar-refractivity contribution in [3.05, 3.63) is 18.0 Å². The van der Waals surface area contributed by atoms with Crippen LogP contribution in [0.25, 0.3) is 0 Å². The van der Waals surface area contributed by atoms with Gasteiger partial charge in [0.25, 0.3) is 0 Å². The van der Waals surface area contributed by atoms with Crippen molar-refractivity contribution in [2.24, 2.45) is 52.8 Å². The maximum atomic E-state index is 13.7. The second-order valence-corrected chi connectivity index (χ2v) is 12.4. The van der Waals surface area contributed by atoms with Gasteiger partial charge in [0.1, 0.15) is 6.07 Å². The molecule has 1 aromatic heterocycles. The average molecular weight is 446 g/mol. The second kappa shape index (κ2) is 7.44. The van der Waals surface area contributed by atoms with Crippen molar-refractivity contribution >= 4 is 5.78 Å². The summed E-state index contributed by atoms with van der Waals surface area (Å²) in [5.74, 6) is 11.0. The van der Waals surface area contributed by atoms with E-state index in [4.69, 9.17) is 5.26 Å². The third-order valence-corrected chi connectivity index (χ3v) is 10.5. The minimum Gasteiger partial charge on any atom is -0.390 e. The van der Waals surface area contributed by atoms with E-state index in [1.54, 1.807) is 10.9 Å². The Morgan fingerprint density at radius 3 is 2.76 bits per heavy atom. The molecule has 0 spiro atoms. The number of nitrogens with zero attached hydrogens (tertiary/aromatic N) is 3. The van der Waals surface area contributed by atoms with Gasteiger partial charge in [-0.1, -0.05) is 18.8 Å². The molecule has 6 rings (SSSR count). The highest BCUT2D eigenvalue weighted by molar-refractivity contribution is 5.83. The minimum absolute atomic E-state index is 0.00667. The van der Waals surface area contributed by atoms with Crippen molar-refractivity contribution in [3.8, 4) is 17.9 Å². The maximum Gasteiger partial charge on any atom is 0.159 e. The molecule has 5 heteroatoms. The zero-order valence-electron chi connectivity index (χ0n) is 19.8. The number of carbonyl (C=O) groups is 1. The van der Waals surface area contributed by atoms with E-state index >= 15 is 0 Å². The molecule has 5 nitrogen and oxygen atoms in total. The van der Waals surface area contributed by atoms with Crippen LogP contribution in [0.4, 0.5) is 0 Å². The van der Waals surface area contributed by atoms with E-state index in [1.165, 1.54) is 25.5 Å². The number of ketones is 1. The highest BCUT2D eigenvalue weighted by atomic mass is 16.3. The number of aliphatic hydroxyl groups is 1. The Morgan fingerprint density at radius 2 is 2.03 bits per heavy atom. The summed E-state index contributed by atoms with van der Waals surface area (Å²) in [5, 5.41) is 24.0. The Hall–Kier alpha value is -2.11. The summed E-state index contributed by atoms with van der Waals surface area (Å²) >= 11 is 0. The molecule has 5 aliphatic rings. The molecule has 4 fully saturated rings. The number of hydrogen-bond donors (Lipinski definition) is 1. The number of rotatable bonds is 3. The van der Waals surface area contributed by atoms with E-state index in [0.29, 0.717) is 29.2 Å². The molecule has 0 unspecified atom stereocenters. The van der Waals surface area contributed by atoms with E-state index in [9.17, 15) is 9.90 Å². The quantitative estimate of drug-likeness (QED) is 0.707. The van der Waals surface area contributed by atoms with E-state index in [-0.39, 0.29) is 29.6 Å². The van der Waals surface area contributed by atoms with E-state index in [2.05, 4.69) is 29.9 Å². The molecule has 5 aliphatic carbocycles. The normalized spacial score (nSPS) is 47.3. The van der Waals surface area contributed by atoms with Crippen LogP contribution < -0.4 is 0 Å². The Bertz CT molecular complexity index is 1070. The third kappa shape index (κ3) is 3.30. The molecular weight excluding hydrogens is 410 g/mol. The lowest BCUT2D eigenvalue weighted by Gasteiger charge is -2.63. The molecule has 0 saturated heterocycles. The van der Waals surface area contributed by atoms with Gasteiger partial charge in [-0.3, -0.25) is 9.48 Å². The molecule has 1 heterocycles. The van der Waals surface area contributed by atoms with E-state index in [1.807, 2.05) is 6.92 Å². The number of fused-ring (bicyclic) bond motifs is 6. The van der Waals surface area contributed by atoms with Gasteiger partial charge in [-0.2, -0.15) is 10.4 Å². The van der Waals surface area contributed by atoms with Gasteiger partial charge in [0.15, 0.2) is 5.78 Å². The van der Waals surface area contributed by atoms with Crippen LogP contribution in [0, 0.1) is 75.9 Å². The van der Waals surface area contributed by atoms with Crippen LogP contribution in [0.3, 0.4) is 0 Å². The summed E-state index contributed by atoms with van der Waals surface area (Å²) in [4.78, 5) is 13.7. The SMILES string of the molecule is C[C@@]1(O)CC[C@H]2[C@H](CC[C@@H]3[C@@H]2CC[C@@]2(C)[C@H]3C[C@H]3C#C[C@H]3[C@@H]2C(=O)Cn2cc(C#N)cn2)C1. The summed E-state index contributed by atoms with van der Waals surface area (Å²) in [5.41, 5.74) is 0.0272. The van der Waals surface area contributed by atoms with E-state index < -0.39 is 5.60 Å². The Morgan fingerprint density at radius 1 is 1.21 bits per heavy atom. The van der Waals surface area contributed by atoms with Gasteiger partial charge in [0.05, 0.1) is 23.9 Å². The van der Waals surface area contributed by atoms with Crippen molar-refractivity contribution in [3.63, 3.8) is 0 Å². The van der Waals surface area contributed by atoms with Gasteiger partial charge in [-0.25, -0.2) is 0 Å². The molecule has 0 aromatic carbocycles. The smallest absolute Gasteiger partial charge is 0.159 e. The highest BCUT2D eigenvalue weighted by Gasteiger charge is 2.61. The fourth-order valence-electron chi connectivity index (χ4n) is 9.10. The Balaban J connectivity index is 1.26. The molecule has 1 aromatic rings. The fraction of sp³-hybridized carbons (Fsp3) is 0.750. The predicted molar refractivity (Wildman–Crippen MR) is 123 cm³/mol. The topological polar surface area (TPSA) is 78.9 Å². The number of nitriles is 1. The van der Waals surface area contributed by atoms with Gasteiger partial charge < -0.3 is 5.11 Å². The molecule has 0 bridgehead atoms. The van der Waals surface area contributed by atoms with Gasteiger partial charge in [-0.05, 0) is 93.3 Å². The van der Waals surface area contributed by atoms with Gasteiger partial charge in [-0.15, -0.1) is 0 Å². The Labute approximate surface area is 196 Å². The molecule has 33 heavy (non-hydrogen) atoms. The number of hydrogen-bond acceptors (Lipinski definition) is 4. The summed E-state index contributed by atoms with van der Waals surface area (Å²) < 4.78 is 1.64. The van der Waals surface area contributed by atoms with Gasteiger partial charge in [0, 0.05) is 24.0 Å². The molecule has 174 valence electrons. The van der Waals surface area contributed by atoms with Crippen LogP contribution in [0.2, 0.25) is 0 Å². The molecule has 1 N–H and O–H groups in total. The van der Waals surface area contributed by atoms with E-state index in [0.717, 1.165) is 43.9 Å². The summed E-state index contributed by atoms with van der Waals surface area (Å²) in [6.07, 6.45) is 12.3. The van der Waals surface area contributed by atoms with Gasteiger partial charge in [0.2, 0.25) is 0 Å². The fourth-order valence-corrected chi connectivity index (χ4v) is 9.10. The molecule has 0 aliphatic heterocycles. The lowest BCUT2D eigenvalue weighted by Crippen LogP contribution is -2.59. The molecule has 10 atom stereocenters. The number of aromatic nitrogens is 2. The summed E-state index contributed by atoms with van der Waals surface area (Å²) in [7, 11) is 0. The largest absolute Gasteiger partial charge is 0.390 e. The first kappa shape index (κ1) is 21.4. The van der Waals surface area contributed by atoms with Crippen molar-refractivity contribution < 1.29 is 9.90 Å². The zero-order chi connectivity index (χ0) is 23.0. The summed E-state index contributed by atoms with van der Waals surface area (Å²) in [6.45, 7) is 4.67. The van der Waals surface area contributed by atoms with Crippen LogP contribution in [0.1, 0.15) is 70.8 Å². The number of carbonyl (C=O) groups excluding carboxylic acids is 1. The van der Waals surface area contributed by atoms with Crippen molar-refractivity contribution in [1.82, 2.24) is 9.78 Å². The predicted octanol–water partition coefficient (Wildman–Crippen LogP) is 4.20. The highest BCUT2D eigenvalue weighted by Crippen LogP contribution is 2.65. The van der Waals surface area contributed by atoms with Crippen LogP contribution in [-0.2, 0) is 11.3 Å². The lowest BCUT2D eigenvalue weighted by atomic mass is 9.41. The summed E-state index contributed by atoms with van der Waals surface area (Å²) in [6, 6.07) is 2.11. The van der Waals surface area contributed by atoms with Crippen LogP contribution in [-0.4, -0.2) is 26.3 Å². The van der Waals surface area contributed by atoms with Gasteiger partial charge >= 0.3 is 0 Å². The molecular formula is C28H35N3O2. The molecule has 0 radical (unpaired) electrons. The number of Topliss-reactive ketones (excluding diaryl/α,β-unsaturated/α-hetero) is 1. The van der Waals surface area contributed by atoms with Crippen molar-refractivity contribution in [1.29, 1.82) is 5.26 Å². The van der Waals surface area contributed by atoms with Crippen LogP contribution in [0.15, 0.2) is 12.4 Å². The molecule has 4 saturated carbocycles. The maximum absolute atomic E-state index is 13.7. The first-order valence-corrected chi connectivity index (χ1v) is 13.0. The first-order chi connectivity index (χ1) is 15.8.